The Bertz CT molecular complexity index is 780. The van der Waals surface area contributed by atoms with Crippen LogP contribution in [0, 0.1) is 10.1 Å². The molecule has 118 valence electrons. The minimum atomic E-state index is -0.635. The maximum absolute atomic E-state index is 12.0. The molecule has 23 heavy (non-hydrogen) atoms. The molecule has 0 aliphatic carbocycles. The minimum absolute atomic E-state index is 0.0610. The lowest BCUT2D eigenvalue weighted by Crippen LogP contribution is -2.34. The van der Waals surface area contributed by atoms with Crippen LogP contribution in [-0.2, 0) is 0 Å². The van der Waals surface area contributed by atoms with E-state index >= 15 is 0 Å². The highest BCUT2D eigenvalue weighted by molar-refractivity contribution is 7.80. The second kappa shape index (κ2) is 7.03. The van der Waals surface area contributed by atoms with E-state index in [2.05, 4.69) is 10.6 Å². The van der Waals surface area contributed by atoms with Gasteiger partial charge in [0.2, 0.25) is 0 Å². The summed E-state index contributed by atoms with van der Waals surface area (Å²) in [5.41, 5.74) is 0.229. The number of aromatic hydroxyl groups is 1. The molecule has 2 rings (SSSR count). The zero-order chi connectivity index (χ0) is 17.0. The van der Waals surface area contributed by atoms with Crippen LogP contribution in [0.5, 0.6) is 5.75 Å². The van der Waals surface area contributed by atoms with Crippen LogP contribution in [0.3, 0.4) is 0 Å². The molecule has 0 aromatic heterocycles. The Morgan fingerprint density at radius 3 is 2.43 bits per heavy atom. The van der Waals surface area contributed by atoms with Gasteiger partial charge in [0, 0.05) is 16.7 Å². The number of hydrogen-bond donors (Lipinski definition) is 3. The third-order valence-corrected chi connectivity index (χ3v) is 3.23. The number of carbonyl (C=O) groups is 1. The van der Waals surface area contributed by atoms with E-state index in [1.54, 1.807) is 12.1 Å². The van der Waals surface area contributed by atoms with E-state index in [4.69, 9.17) is 23.8 Å². The smallest absolute Gasteiger partial charge is 0.273 e. The maximum Gasteiger partial charge on any atom is 0.273 e. The third-order valence-electron chi connectivity index (χ3n) is 2.77. The molecule has 0 aliphatic heterocycles. The number of benzene rings is 2. The molecule has 3 N–H and O–H groups in total. The number of rotatable bonds is 3. The van der Waals surface area contributed by atoms with Crippen molar-refractivity contribution in [3.63, 3.8) is 0 Å². The van der Waals surface area contributed by atoms with Gasteiger partial charge in [-0.1, -0.05) is 11.6 Å². The predicted molar refractivity (Wildman–Crippen MR) is 89.9 cm³/mol. The molecule has 0 spiro atoms. The van der Waals surface area contributed by atoms with Crippen LogP contribution in [0.4, 0.5) is 11.4 Å². The van der Waals surface area contributed by atoms with Crippen molar-refractivity contribution in [3.8, 4) is 5.75 Å². The van der Waals surface area contributed by atoms with Crippen LogP contribution >= 0.6 is 23.8 Å². The Kier molecular flexibility index (Phi) is 5.09. The first kappa shape index (κ1) is 16.7. The van der Waals surface area contributed by atoms with Gasteiger partial charge >= 0.3 is 0 Å². The first-order chi connectivity index (χ1) is 10.9. The number of nitrogens with one attached hydrogen (secondary N) is 2. The number of anilines is 1. The second-order valence-corrected chi connectivity index (χ2v) is 5.22. The molecule has 0 radical (unpaired) electrons. The zero-order valence-corrected chi connectivity index (χ0v) is 13.0. The minimum Gasteiger partial charge on any atom is -0.506 e. The van der Waals surface area contributed by atoms with Crippen LogP contribution in [-0.4, -0.2) is 21.0 Å². The number of amides is 1. The first-order valence-corrected chi connectivity index (χ1v) is 7.01. The molecule has 2 aromatic carbocycles. The normalized spacial score (nSPS) is 9.96. The first-order valence-electron chi connectivity index (χ1n) is 6.22. The van der Waals surface area contributed by atoms with Crippen molar-refractivity contribution in [3.05, 3.63) is 63.2 Å². The van der Waals surface area contributed by atoms with Crippen molar-refractivity contribution >= 4 is 46.2 Å². The Morgan fingerprint density at radius 1 is 1.22 bits per heavy atom. The number of nitrogens with zero attached hydrogens (tertiary/aromatic N) is 1. The molecule has 7 nitrogen and oxygen atoms in total. The number of nitro groups is 1. The fraction of sp³-hybridized carbons (Fsp3) is 0. The highest BCUT2D eigenvalue weighted by Gasteiger charge is 2.12. The van der Waals surface area contributed by atoms with Crippen molar-refractivity contribution in [1.29, 1.82) is 0 Å². The largest absolute Gasteiger partial charge is 0.506 e. The van der Waals surface area contributed by atoms with E-state index in [1.165, 1.54) is 24.3 Å². The highest BCUT2D eigenvalue weighted by atomic mass is 35.5. The molecule has 0 fully saturated rings. The van der Waals surface area contributed by atoms with Gasteiger partial charge in [-0.2, -0.15) is 0 Å². The van der Waals surface area contributed by atoms with Crippen molar-refractivity contribution in [2.24, 2.45) is 0 Å². The van der Waals surface area contributed by atoms with Crippen LogP contribution < -0.4 is 10.6 Å². The average molecular weight is 352 g/mol. The topological polar surface area (TPSA) is 104 Å². The quantitative estimate of drug-likeness (QED) is 0.340. The van der Waals surface area contributed by atoms with Gasteiger partial charge in [-0.3, -0.25) is 20.2 Å². The Balaban J connectivity index is 2.03. The molecule has 0 unspecified atom stereocenters. The van der Waals surface area contributed by atoms with Gasteiger partial charge in [0.15, 0.2) is 5.11 Å². The molecule has 0 bridgehead atoms. The summed E-state index contributed by atoms with van der Waals surface area (Å²) in [5.74, 6) is -0.817. The van der Waals surface area contributed by atoms with E-state index in [-0.39, 0.29) is 22.2 Å². The average Bonchev–Trinajstić information content (AvgIpc) is 2.49. The van der Waals surface area contributed by atoms with Gasteiger partial charge in [0.05, 0.1) is 16.7 Å². The number of thiocarbonyl (C=S) groups is 1. The number of phenols is 1. The molecule has 2 aromatic rings. The molecule has 0 saturated heterocycles. The van der Waals surface area contributed by atoms with Gasteiger partial charge in [-0.15, -0.1) is 0 Å². The lowest BCUT2D eigenvalue weighted by molar-refractivity contribution is -0.384. The number of phenolic OH excluding ortho intramolecular Hbond substituents is 1. The summed E-state index contributed by atoms with van der Waals surface area (Å²) in [6.45, 7) is 0. The van der Waals surface area contributed by atoms with Gasteiger partial charge in [0.25, 0.3) is 11.6 Å². The summed E-state index contributed by atoms with van der Waals surface area (Å²) < 4.78 is 0. The van der Waals surface area contributed by atoms with Crippen molar-refractivity contribution in [1.82, 2.24) is 5.32 Å². The van der Waals surface area contributed by atoms with Gasteiger partial charge in [-0.05, 0) is 42.5 Å². The Hall–Kier alpha value is -2.71. The van der Waals surface area contributed by atoms with Crippen molar-refractivity contribution in [2.75, 3.05) is 5.32 Å². The van der Waals surface area contributed by atoms with Crippen LogP contribution in [0.25, 0.3) is 0 Å². The summed E-state index contributed by atoms with van der Waals surface area (Å²) in [6.07, 6.45) is 0. The zero-order valence-electron chi connectivity index (χ0n) is 11.4. The molecule has 0 saturated carbocycles. The molecule has 1 amide bonds. The van der Waals surface area contributed by atoms with E-state index in [0.29, 0.717) is 10.6 Å². The van der Waals surface area contributed by atoms with Crippen LogP contribution in [0.15, 0.2) is 42.5 Å². The maximum atomic E-state index is 12.0. The van der Waals surface area contributed by atoms with E-state index in [9.17, 15) is 20.0 Å². The highest BCUT2D eigenvalue weighted by Crippen LogP contribution is 2.27. The summed E-state index contributed by atoms with van der Waals surface area (Å²) in [6, 6.07) is 9.66. The molecule has 0 heterocycles. The third kappa shape index (κ3) is 4.38. The fourth-order valence-corrected chi connectivity index (χ4v) is 2.00. The van der Waals surface area contributed by atoms with Gasteiger partial charge < -0.3 is 10.4 Å². The van der Waals surface area contributed by atoms with Crippen LogP contribution in [0.1, 0.15) is 10.4 Å². The summed E-state index contributed by atoms with van der Waals surface area (Å²) in [4.78, 5) is 21.9. The van der Waals surface area contributed by atoms with E-state index in [1.807, 2.05) is 0 Å². The molecular formula is C14H10ClN3O4S. The summed E-state index contributed by atoms with van der Waals surface area (Å²) >= 11 is 10.7. The van der Waals surface area contributed by atoms with Gasteiger partial charge in [-0.25, -0.2) is 0 Å². The fourth-order valence-electron chi connectivity index (χ4n) is 1.67. The standard InChI is InChI=1S/C14H10ClN3O4S/c15-9-3-1-8(2-4-9)13(20)17-14(23)16-11-6-5-10(18(21)22)7-12(11)19/h1-7,19H,(H2,16,17,20,23). The summed E-state index contributed by atoms with van der Waals surface area (Å²) in [5, 5.41) is 25.8. The number of nitro benzene ring substituents is 1. The lowest BCUT2D eigenvalue weighted by Gasteiger charge is -2.10. The number of carbonyl (C=O) groups excluding carboxylic acids is 1. The molecule has 9 heteroatoms. The molecule has 0 aliphatic rings. The van der Waals surface area contributed by atoms with Gasteiger partial charge in [0.1, 0.15) is 5.75 Å². The number of hydrogen-bond acceptors (Lipinski definition) is 5. The monoisotopic (exact) mass is 351 g/mol. The van der Waals surface area contributed by atoms with E-state index in [0.717, 1.165) is 6.07 Å². The molecular weight excluding hydrogens is 342 g/mol. The van der Waals surface area contributed by atoms with Crippen molar-refractivity contribution < 1.29 is 14.8 Å². The Morgan fingerprint density at radius 2 is 1.87 bits per heavy atom. The predicted octanol–water partition coefficient (Wildman–Crippen LogP) is 3.08. The second-order valence-electron chi connectivity index (χ2n) is 4.37. The Labute approximate surface area is 141 Å². The number of halogens is 1. The lowest BCUT2D eigenvalue weighted by atomic mass is 10.2. The summed E-state index contributed by atoms with van der Waals surface area (Å²) in [7, 11) is 0. The van der Waals surface area contributed by atoms with Crippen molar-refractivity contribution in [2.45, 2.75) is 0 Å². The SMILES string of the molecule is O=C(NC(=S)Nc1ccc([N+](=O)[O-])cc1O)c1ccc(Cl)cc1. The number of non-ortho nitro benzene ring substituents is 1. The van der Waals surface area contributed by atoms with E-state index < -0.39 is 10.8 Å². The molecule has 0 atom stereocenters. The van der Waals surface area contributed by atoms with Crippen LogP contribution in [0.2, 0.25) is 5.02 Å².